The number of aliphatic hydroxyl groups excluding tert-OH is 3. The summed E-state index contributed by atoms with van der Waals surface area (Å²) in [6, 6.07) is 0. The summed E-state index contributed by atoms with van der Waals surface area (Å²) < 4.78 is 37.3. The molecule has 1 aliphatic heterocycles. The Bertz CT molecular complexity index is 882. The van der Waals surface area contributed by atoms with Crippen molar-refractivity contribution in [3.63, 3.8) is 0 Å². The van der Waals surface area contributed by atoms with Crippen molar-refractivity contribution in [2.75, 3.05) is 5.73 Å². The van der Waals surface area contributed by atoms with Gasteiger partial charge < -0.3 is 35.6 Å². The number of hydrogen-bond donors (Lipinski definition) is 6. The Kier molecular flexibility index (Phi) is 6.41. The summed E-state index contributed by atoms with van der Waals surface area (Å²) >= 11 is 0. The lowest BCUT2D eigenvalue weighted by atomic mass is 10.1. The van der Waals surface area contributed by atoms with Crippen LogP contribution in [0.4, 0.5) is 5.82 Å². The van der Waals surface area contributed by atoms with Gasteiger partial charge in [-0.1, -0.05) is 0 Å². The molecule has 0 bridgehead atoms. The number of aromatic nitrogens is 4. The van der Waals surface area contributed by atoms with Crippen LogP contribution in [-0.4, -0.2) is 75.3 Å². The summed E-state index contributed by atoms with van der Waals surface area (Å²) in [5.74, 6) is 0.0661. The number of rotatable bonds is 7. The van der Waals surface area contributed by atoms with Crippen LogP contribution in [0.15, 0.2) is 12.7 Å². The monoisotopic (exact) mass is 441 g/mol. The Balaban J connectivity index is 1.87. The van der Waals surface area contributed by atoms with Crippen molar-refractivity contribution in [1.82, 2.24) is 19.5 Å². The van der Waals surface area contributed by atoms with Crippen LogP contribution in [0.5, 0.6) is 0 Å². The molecule has 156 valence electrons. The minimum atomic E-state index is -3.69. The summed E-state index contributed by atoms with van der Waals surface area (Å²) in [7, 11) is -7.37. The number of hydrogen-bond acceptors (Lipinski definition) is 12. The average Bonchev–Trinajstić information content (AvgIpc) is 3.16. The first kappa shape index (κ1) is 21.2. The third-order valence-corrected chi connectivity index (χ3v) is 4.85. The van der Waals surface area contributed by atoms with Gasteiger partial charge in [0.2, 0.25) is 6.29 Å². The van der Waals surface area contributed by atoms with Crippen molar-refractivity contribution in [3.05, 3.63) is 12.7 Å². The molecule has 28 heavy (non-hydrogen) atoms. The van der Waals surface area contributed by atoms with E-state index in [4.69, 9.17) is 20.3 Å². The lowest BCUT2D eigenvalue weighted by Gasteiger charge is -2.26. The second-order valence-corrected chi connectivity index (χ2v) is 7.22. The van der Waals surface area contributed by atoms with Gasteiger partial charge in [-0.15, -0.1) is 0 Å². The molecule has 2 aromatic rings. The number of ether oxygens (including phenoxy) is 1. The van der Waals surface area contributed by atoms with Gasteiger partial charge in [0.1, 0.15) is 36.3 Å². The number of nitrogens with two attached hydrogens (primary N) is 1. The molecule has 0 radical (unpaired) electrons. The van der Waals surface area contributed by atoms with Gasteiger partial charge >= 0.3 is 16.5 Å². The Morgan fingerprint density at radius 3 is 2.39 bits per heavy atom. The topological polar surface area (TPSA) is 233 Å². The molecule has 1 aliphatic rings. The van der Waals surface area contributed by atoms with E-state index in [2.05, 4.69) is 24.0 Å². The van der Waals surface area contributed by atoms with E-state index in [1.807, 2.05) is 0 Å². The van der Waals surface area contributed by atoms with E-state index in [1.165, 1.54) is 10.9 Å². The lowest BCUT2D eigenvalue weighted by molar-refractivity contribution is -0.162. The highest BCUT2D eigenvalue weighted by molar-refractivity contribution is 7.32. The normalized spacial score (nSPS) is 29.6. The predicted molar refractivity (Wildman–Crippen MR) is 90.1 cm³/mol. The fourth-order valence-corrected chi connectivity index (χ4v) is 3.64. The summed E-state index contributed by atoms with van der Waals surface area (Å²) in [5, 5.41) is 30.8. The van der Waals surface area contributed by atoms with Gasteiger partial charge in [-0.05, 0) is 0 Å². The molecule has 1 fully saturated rings. The Morgan fingerprint density at radius 1 is 1.14 bits per heavy atom. The number of nitrogens with zero attached hydrogens (tertiary/aromatic N) is 4. The molecule has 7 N–H and O–H groups in total. The van der Waals surface area contributed by atoms with Crippen LogP contribution >= 0.6 is 16.5 Å². The van der Waals surface area contributed by atoms with E-state index >= 15 is 0 Å². The predicted octanol–water partition coefficient (Wildman–Crippen LogP) is -2.49. The van der Waals surface area contributed by atoms with E-state index in [9.17, 15) is 24.4 Å². The summed E-state index contributed by atoms with van der Waals surface area (Å²) in [6.07, 6.45) is -7.97. The highest BCUT2D eigenvalue weighted by Crippen LogP contribution is 2.37. The molecule has 0 spiro atoms. The summed E-state index contributed by atoms with van der Waals surface area (Å²) in [4.78, 5) is 29.5. The zero-order valence-electron chi connectivity index (χ0n) is 13.8. The van der Waals surface area contributed by atoms with E-state index in [1.54, 1.807) is 0 Å². The molecule has 1 saturated heterocycles. The first-order valence-corrected chi connectivity index (χ1v) is 10.1. The van der Waals surface area contributed by atoms with Crippen molar-refractivity contribution in [2.24, 2.45) is 0 Å². The van der Waals surface area contributed by atoms with Gasteiger partial charge in [0.05, 0.1) is 6.33 Å². The van der Waals surface area contributed by atoms with E-state index in [0.29, 0.717) is 0 Å². The molecule has 3 rings (SSSR count). The third-order valence-electron chi connectivity index (χ3n) is 3.99. The number of fused-ring (bicyclic) bond motifs is 1. The maximum Gasteiger partial charge on any atom is 0.319 e. The highest BCUT2D eigenvalue weighted by Gasteiger charge is 2.50. The Labute approximate surface area is 157 Å². The molecular formula is C11H17N5O10P2. The first-order valence-electron chi connectivity index (χ1n) is 7.62. The number of anilines is 1. The molecule has 3 unspecified atom stereocenters. The summed E-state index contributed by atoms with van der Waals surface area (Å²) in [6.45, 7) is 0. The minimum absolute atomic E-state index is 0.0661. The summed E-state index contributed by atoms with van der Waals surface area (Å²) in [5.41, 5.74) is 6.06. The smallest absolute Gasteiger partial charge is 0.319 e. The van der Waals surface area contributed by atoms with Gasteiger partial charge in [0.15, 0.2) is 17.7 Å². The molecule has 15 nitrogen and oxygen atoms in total. The van der Waals surface area contributed by atoms with Crippen molar-refractivity contribution in [3.8, 4) is 0 Å². The van der Waals surface area contributed by atoms with Crippen LogP contribution in [0.25, 0.3) is 11.2 Å². The largest absolute Gasteiger partial charge is 0.387 e. The maximum absolute atomic E-state index is 10.9. The van der Waals surface area contributed by atoms with Gasteiger partial charge in [-0.25, -0.2) is 15.0 Å². The molecule has 0 aromatic carbocycles. The lowest BCUT2D eigenvalue weighted by Crippen LogP contribution is -2.45. The van der Waals surface area contributed by atoms with Gasteiger partial charge in [0.25, 0.3) is 0 Å². The van der Waals surface area contributed by atoms with Crippen molar-refractivity contribution in [2.45, 2.75) is 36.9 Å². The molecule has 2 aromatic heterocycles. The van der Waals surface area contributed by atoms with Crippen LogP contribution < -0.4 is 5.73 Å². The molecule has 17 heteroatoms. The van der Waals surface area contributed by atoms with E-state index < -0.39 is 53.4 Å². The van der Waals surface area contributed by atoms with Crippen molar-refractivity contribution in [1.29, 1.82) is 0 Å². The standard InChI is InChI=1S/C11H17N5O10P2/c12-8-3-9(14-1-13-8)16(2-15-3)10-5(18)4(17)7(24-10)6(19)11(25-27(20)21)26-28(22)23/h1-2,4-7,10-11,17-19,27-28H,(H,20,21)(H,22,23)(H2,12,13,14)/t4-,5+,6?,7-,10+/m0/s1. The van der Waals surface area contributed by atoms with Gasteiger partial charge in [-0.2, -0.15) is 0 Å². The highest BCUT2D eigenvalue weighted by atomic mass is 31.1. The molecular weight excluding hydrogens is 424 g/mol. The molecule has 0 saturated carbocycles. The van der Waals surface area contributed by atoms with Crippen LogP contribution in [0.3, 0.4) is 0 Å². The van der Waals surface area contributed by atoms with E-state index in [0.717, 1.165) is 6.33 Å². The number of aliphatic hydroxyl groups is 3. The minimum Gasteiger partial charge on any atom is -0.387 e. The average molecular weight is 441 g/mol. The van der Waals surface area contributed by atoms with Crippen LogP contribution in [-0.2, 0) is 22.9 Å². The zero-order chi connectivity index (χ0) is 20.6. The molecule has 0 aliphatic carbocycles. The maximum atomic E-state index is 10.9. The molecule has 3 heterocycles. The van der Waals surface area contributed by atoms with Gasteiger partial charge in [-0.3, -0.25) is 22.7 Å². The van der Waals surface area contributed by atoms with E-state index in [-0.39, 0.29) is 17.0 Å². The first-order chi connectivity index (χ1) is 13.2. The van der Waals surface area contributed by atoms with Crippen LogP contribution in [0.2, 0.25) is 0 Å². The van der Waals surface area contributed by atoms with Crippen LogP contribution in [0.1, 0.15) is 6.23 Å². The Hall–Kier alpha value is -1.51. The fraction of sp³-hybridized carbons (Fsp3) is 0.545. The third kappa shape index (κ3) is 4.09. The molecule has 7 atom stereocenters. The Morgan fingerprint density at radius 2 is 1.79 bits per heavy atom. The zero-order valence-corrected chi connectivity index (χ0v) is 15.8. The second kappa shape index (κ2) is 8.47. The quantitative estimate of drug-likeness (QED) is 0.193. The SMILES string of the molecule is Nc1ncnc2c1ncn2[C@@H]1O[C@H](C(O)C(O[PH](=O)O)O[PH](=O)O)[C@@H](O)[C@H]1O. The number of nitrogen functional groups attached to an aromatic ring is 1. The fourth-order valence-electron chi connectivity index (χ4n) is 2.77. The van der Waals surface area contributed by atoms with Crippen LogP contribution in [0, 0.1) is 0 Å². The number of imidazole rings is 1. The van der Waals surface area contributed by atoms with Crippen molar-refractivity contribution < 1.29 is 48.0 Å². The van der Waals surface area contributed by atoms with Crippen molar-refractivity contribution >= 4 is 33.5 Å². The second-order valence-electron chi connectivity index (χ2n) is 5.68. The molecule has 0 amide bonds. The van der Waals surface area contributed by atoms with Gasteiger partial charge in [0, 0.05) is 0 Å².